The molecule has 0 fully saturated rings. The second-order valence-corrected chi connectivity index (χ2v) is 6.45. The molecule has 0 saturated carbocycles. The van der Waals surface area contributed by atoms with Gasteiger partial charge < -0.3 is 5.73 Å². The minimum atomic E-state index is 0.435. The van der Waals surface area contributed by atoms with Crippen LogP contribution in [-0.2, 0) is 19.4 Å². The first kappa shape index (κ1) is 16.2. The minimum Gasteiger partial charge on any atom is -0.330 e. The second kappa shape index (κ2) is 7.23. The molecule has 0 aliphatic carbocycles. The third kappa shape index (κ3) is 3.95. The van der Waals surface area contributed by atoms with Crippen LogP contribution in [0.25, 0.3) is 0 Å². The van der Waals surface area contributed by atoms with Gasteiger partial charge in [-0.1, -0.05) is 29.8 Å². The number of aromatic nitrogens is 2. The van der Waals surface area contributed by atoms with Crippen molar-refractivity contribution in [2.24, 2.45) is 11.7 Å². The van der Waals surface area contributed by atoms with Gasteiger partial charge >= 0.3 is 0 Å². The molecule has 0 bridgehead atoms. The highest BCUT2D eigenvalue weighted by Gasteiger charge is 2.17. The van der Waals surface area contributed by atoms with E-state index >= 15 is 0 Å². The third-order valence-electron chi connectivity index (χ3n) is 3.88. The Balaban J connectivity index is 2.16. The van der Waals surface area contributed by atoms with Gasteiger partial charge in [-0.3, -0.25) is 4.68 Å². The maximum Gasteiger partial charge on any atom is 0.0738 e. The fourth-order valence-electron chi connectivity index (χ4n) is 2.75. The summed E-state index contributed by atoms with van der Waals surface area (Å²) in [4.78, 5) is 0. The van der Waals surface area contributed by atoms with Crippen LogP contribution >= 0.6 is 15.9 Å². The lowest BCUT2D eigenvalue weighted by atomic mass is 9.94. The summed E-state index contributed by atoms with van der Waals surface area (Å²) < 4.78 is 3.21. The molecule has 0 radical (unpaired) electrons. The highest BCUT2D eigenvalue weighted by molar-refractivity contribution is 9.10. The molecule has 0 aliphatic heterocycles. The maximum absolute atomic E-state index is 6.01. The molecule has 1 aromatic carbocycles. The van der Waals surface area contributed by atoms with Gasteiger partial charge in [0.1, 0.15) is 0 Å². The van der Waals surface area contributed by atoms with Crippen molar-refractivity contribution < 1.29 is 0 Å². The van der Waals surface area contributed by atoms with E-state index in [-0.39, 0.29) is 0 Å². The van der Waals surface area contributed by atoms with Gasteiger partial charge in [-0.15, -0.1) is 0 Å². The molecule has 4 heteroatoms. The van der Waals surface area contributed by atoms with E-state index in [1.54, 1.807) is 0 Å². The molecule has 0 aliphatic rings. The van der Waals surface area contributed by atoms with Crippen molar-refractivity contribution >= 4 is 15.9 Å². The first-order valence-electron chi connectivity index (χ1n) is 7.52. The molecule has 2 aromatic rings. The highest BCUT2D eigenvalue weighted by Crippen LogP contribution is 2.25. The normalized spacial score (nSPS) is 12.6. The molecular formula is C17H24BrN3. The van der Waals surface area contributed by atoms with Gasteiger partial charge in [0.05, 0.1) is 15.9 Å². The smallest absolute Gasteiger partial charge is 0.0738 e. The molecule has 1 unspecified atom stereocenters. The third-order valence-corrected chi connectivity index (χ3v) is 4.91. The SMILES string of the molecule is CCn1nc(C)c(Br)c1CC(CN)Cc1cccc(C)c1. The summed E-state index contributed by atoms with van der Waals surface area (Å²) in [6.45, 7) is 7.88. The molecule has 2 rings (SSSR count). The summed E-state index contributed by atoms with van der Waals surface area (Å²) in [6, 6.07) is 8.69. The number of rotatable bonds is 6. The monoisotopic (exact) mass is 349 g/mol. The Bertz CT molecular complexity index is 604. The van der Waals surface area contributed by atoms with Gasteiger partial charge in [0.2, 0.25) is 0 Å². The first-order valence-corrected chi connectivity index (χ1v) is 8.31. The van der Waals surface area contributed by atoms with Gasteiger partial charge in [-0.05, 0) is 67.6 Å². The number of hydrogen-bond donors (Lipinski definition) is 1. The predicted molar refractivity (Wildman–Crippen MR) is 91.5 cm³/mol. The fourth-order valence-corrected chi connectivity index (χ4v) is 3.19. The zero-order valence-corrected chi connectivity index (χ0v) is 14.7. The maximum atomic E-state index is 6.01. The van der Waals surface area contributed by atoms with E-state index in [2.05, 4.69) is 63.8 Å². The van der Waals surface area contributed by atoms with E-state index in [1.165, 1.54) is 16.8 Å². The molecule has 114 valence electrons. The molecule has 3 nitrogen and oxygen atoms in total. The largest absolute Gasteiger partial charge is 0.330 e. The number of halogens is 1. The Hall–Kier alpha value is -1.13. The Morgan fingerprint density at radius 1 is 1.29 bits per heavy atom. The van der Waals surface area contributed by atoms with Crippen molar-refractivity contribution in [3.8, 4) is 0 Å². The Morgan fingerprint density at radius 2 is 2.05 bits per heavy atom. The van der Waals surface area contributed by atoms with Crippen LogP contribution in [0.1, 0.15) is 29.4 Å². The standard InChI is InChI=1S/C17H24BrN3/c1-4-21-16(17(18)13(3)20-21)10-15(11-19)9-14-7-5-6-12(2)8-14/h5-8,15H,4,9-11,19H2,1-3H3. The summed E-state index contributed by atoms with van der Waals surface area (Å²) in [6.07, 6.45) is 1.97. The van der Waals surface area contributed by atoms with E-state index in [0.29, 0.717) is 12.5 Å². The molecule has 0 spiro atoms. The summed E-state index contributed by atoms with van der Waals surface area (Å²) in [7, 11) is 0. The van der Waals surface area contributed by atoms with Gasteiger partial charge in [-0.2, -0.15) is 5.10 Å². The van der Waals surface area contributed by atoms with Crippen molar-refractivity contribution in [3.63, 3.8) is 0 Å². The van der Waals surface area contributed by atoms with Gasteiger partial charge in [-0.25, -0.2) is 0 Å². The topological polar surface area (TPSA) is 43.8 Å². The van der Waals surface area contributed by atoms with Gasteiger partial charge in [0, 0.05) is 6.54 Å². The van der Waals surface area contributed by atoms with Gasteiger partial charge in [0.15, 0.2) is 0 Å². The zero-order valence-electron chi connectivity index (χ0n) is 13.1. The summed E-state index contributed by atoms with van der Waals surface area (Å²) in [5.41, 5.74) is 11.0. The van der Waals surface area contributed by atoms with E-state index in [4.69, 9.17) is 5.73 Å². The van der Waals surface area contributed by atoms with Crippen molar-refractivity contribution in [1.29, 1.82) is 0 Å². The van der Waals surface area contributed by atoms with Crippen LogP contribution < -0.4 is 5.73 Å². The lowest BCUT2D eigenvalue weighted by Gasteiger charge is -2.16. The second-order valence-electron chi connectivity index (χ2n) is 5.66. The van der Waals surface area contributed by atoms with E-state index in [1.807, 2.05) is 6.92 Å². The van der Waals surface area contributed by atoms with Gasteiger partial charge in [0.25, 0.3) is 0 Å². The van der Waals surface area contributed by atoms with Crippen LogP contribution in [0.5, 0.6) is 0 Å². The number of nitrogens with zero attached hydrogens (tertiary/aromatic N) is 2. The zero-order chi connectivity index (χ0) is 15.4. The van der Waals surface area contributed by atoms with Crippen molar-refractivity contribution in [2.75, 3.05) is 6.54 Å². The molecule has 21 heavy (non-hydrogen) atoms. The van der Waals surface area contributed by atoms with E-state index in [9.17, 15) is 0 Å². The van der Waals surface area contributed by atoms with Crippen LogP contribution in [-0.4, -0.2) is 16.3 Å². The fraction of sp³-hybridized carbons (Fsp3) is 0.471. The Labute approximate surface area is 135 Å². The number of aryl methyl sites for hydroxylation is 3. The Kier molecular flexibility index (Phi) is 5.59. The number of hydrogen-bond acceptors (Lipinski definition) is 2. The first-order chi connectivity index (χ1) is 10.0. The molecule has 1 atom stereocenters. The molecule has 0 saturated heterocycles. The van der Waals surface area contributed by atoms with Crippen LogP contribution in [0.3, 0.4) is 0 Å². The quantitative estimate of drug-likeness (QED) is 0.864. The lowest BCUT2D eigenvalue weighted by molar-refractivity contribution is 0.498. The molecular weight excluding hydrogens is 326 g/mol. The number of nitrogens with two attached hydrogens (primary N) is 1. The summed E-state index contributed by atoms with van der Waals surface area (Å²) in [5, 5.41) is 4.57. The highest BCUT2D eigenvalue weighted by atomic mass is 79.9. The predicted octanol–water partition coefficient (Wildman–Crippen LogP) is 3.64. The van der Waals surface area contributed by atoms with Crippen LogP contribution in [0.4, 0.5) is 0 Å². The molecule has 2 N–H and O–H groups in total. The minimum absolute atomic E-state index is 0.435. The lowest BCUT2D eigenvalue weighted by Crippen LogP contribution is -2.21. The van der Waals surface area contributed by atoms with Crippen molar-refractivity contribution in [2.45, 2.75) is 40.2 Å². The Morgan fingerprint density at radius 3 is 2.67 bits per heavy atom. The number of benzene rings is 1. The van der Waals surface area contributed by atoms with Crippen LogP contribution in [0.15, 0.2) is 28.7 Å². The van der Waals surface area contributed by atoms with Crippen LogP contribution in [0, 0.1) is 19.8 Å². The molecule has 1 heterocycles. The van der Waals surface area contributed by atoms with Crippen molar-refractivity contribution in [1.82, 2.24) is 9.78 Å². The average molecular weight is 350 g/mol. The van der Waals surface area contributed by atoms with E-state index < -0.39 is 0 Å². The van der Waals surface area contributed by atoms with E-state index in [0.717, 1.165) is 29.6 Å². The summed E-state index contributed by atoms with van der Waals surface area (Å²) in [5.74, 6) is 0.435. The average Bonchev–Trinajstić information content (AvgIpc) is 2.74. The summed E-state index contributed by atoms with van der Waals surface area (Å²) >= 11 is 3.67. The van der Waals surface area contributed by atoms with Crippen molar-refractivity contribution in [3.05, 3.63) is 51.3 Å². The van der Waals surface area contributed by atoms with Crippen LogP contribution in [0.2, 0.25) is 0 Å². The molecule has 0 amide bonds. The molecule has 1 aromatic heterocycles.